The Balaban J connectivity index is 4.33. The first-order valence-corrected chi connectivity index (χ1v) is 24.9. The lowest BCUT2D eigenvalue weighted by Crippen LogP contribution is -2.45. The number of hydrogen-bond acceptors (Lipinski definition) is 6. The van der Waals surface area contributed by atoms with Crippen LogP contribution in [0.25, 0.3) is 0 Å². The first-order chi connectivity index (χ1) is 28.5. The molecule has 0 radical (unpaired) electrons. The van der Waals surface area contributed by atoms with Crippen molar-refractivity contribution in [3.8, 4) is 0 Å². The second-order valence-corrected chi connectivity index (χ2v) is 18.1. The van der Waals surface area contributed by atoms with Crippen molar-refractivity contribution >= 4 is 13.7 Å². The van der Waals surface area contributed by atoms with Gasteiger partial charge in [0, 0.05) is 6.42 Å². The Morgan fingerprint density at radius 1 is 0.610 bits per heavy atom. The maximum Gasteiger partial charge on any atom is 0.268 e. The molecule has 0 heterocycles. The number of phosphoric ester groups is 1. The minimum Gasteiger partial charge on any atom is -0.756 e. The van der Waals surface area contributed by atoms with Crippen LogP contribution in [0, 0.1) is 0 Å². The molecule has 3 atom stereocenters. The number of hydrogen-bond donors (Lipinski definition) is 2. The van der Waals surface area contributed by atoms with Gasteiger partial charge in [0.15, 0.2) is 0 Å². The van der Waals surface area contributed by atoms with E-state index in [1.54, 1.807) is 6.08 Å². The second kappa shape index (κ2) is 41.1. The van der Waals surface area contributed by atoms with E-state index in [2.05, 4.69) is 92.1 Å². The molecule has 0 aromatic carbocycles. The Labute approximate surface area is 363 Å². The van der Waals surface area contributed by atoms with Crippen molar-refractivity contribution in [3.63, 3.8) is 0 Å². The lowest BCUT2D eigenvalue weighted by molar-refractivity contribution is -0.870. The molecule has 0 spiro atoms. The van der Waals surface area contributed by atoms with Gasteiger partial charge in [-0.15, -0.1) is 0 Å². The summed E-state index contributed by atoms with van der Waals surface area (Å²) in [5, 5.41) is 13.7. The smallest absolute Gasteiger partial charge is 0.268 e. The van der Waals surface area contributed by atoms with E-state index >= 15 is 0 Å². The monoisotopic (exact) mass is 845 g/mol. The molecule has 0 aliphatic heterocycles. The molecule has 1 amide bonds. The number of allylic oxidation sites excluding steroid dienone is 13. The number of phosphoric acid groups is 1. The van der Waals surface area contributed by atoms with Crippen molar-refractivity contribution in [2.45, 2.75) is 187 Å². The van der Waals surface area contributed by atoms with Gasteiger partial charge in [-0.05, 0) is 77.0 Å². The average molecular weight is 845 g/mol. The zero-order chi connectivity index (χ0) is 43.6. The number of aliphatic hydroxyl groups is 1. The molecule has 0 aliphatic rings. The van der Waals surface area contributed by atoms with E-state index < -0.39 is 26.6 Å². The number of carbonyl (C=O) groups excluding carboxylic acids is 1. The fourth-order valence-electron chi connectivity index (χ4n) is 6.13. The minimum absolute atomic E-state index is 0.0120. The van der Waals surface area contributed by atoms with Crippen molar-refractivity contribution in [2.75, 3.05) is 40.9 Å². The second-order valence-electron chi connectivity index (χ2n) is 16.7. The molecule has 59 heavy (non-hydrogen) atoms. The van der Waals surface area contributed by atoms with Crippen LogP contribution in [0.4, 0.5) is 0 Å². The number of likely N-dealkylation sites (N-methyl/N-ethyl adjacent to an activating group) is 1. The standard InChI is InChI=1S/C50H89N2O6P/c1-6-8-10-12-14-16-18-20-21-22-23-24-25-26-27-28-29-30-31-32-34-36-38-40-42-44-50(54)51-48(47-58-59(55,56)57-46-45-52(3,4)5)49(53)43-41-39-37-35-33-19-17-15-13-11-9-7-2/h8,10,14,16,20-21,23-24,26-27,33,35,41,43,48-49,53H,6-7,9,11-13,15,17-19,22,25,28-32,34,36-40,42,44-47H2,1-5H3,(H-,51,54,55,56)/b10-8-,16-14-,21-20-,24-23-,27-26-,35-33+,43-41+. The van der Waals surface area contributed by atoms with Gasteiger partial charge in [0.05, 0.1) is 39.9 Å². The van der Waals surface area contributed by atoms with E-state index in [1.807, 2.05) is 27.2 Å². The molecule has 0 rings (SSSR count). The van der Waals surface area contributed by atoms with Gasteiger partial charge in [-0.2, -0.15) is 0 Å². The molecule has 3 unspecified atom stereocenters. The highest BCUT2D eigenvalue weighted by Crippen LogP contribution is 2.38. The van der Waals surface area contributed by atoms with Gasteiger partial charge in [0.25, 0.3) is 7.82 Å². The van der Waals surface area contributed by atoms with Crippen molar-refractivity contribution in [1.82, 2.24) is 5.32 Å². The molecule has 0 saturated carbocycles. The van der Waals surface area contributed by atoms with Gasteiger partial charge in [0.1, 0.15) is 13.2 Å². The fraction of sp³-hybridized carbons (Fsp3) is 0.700. The van der Waals surface area contributed by atoms with Gasteiger partial charge >= 0.3 is 0 Å². The summed E-state index contributed by atoms with van der Waals surface area (Å²) in [7, 11) is 1.22. The number of amides is 1. The molecule has 0 saturated heterocycles. The predicted molar refractivity (Wildman–Crippen MR) is 251 cm³/mol. The van der Waals surface area contributed by atoms with E-state index in [9.17, 15) is 19.4 Å². The molecular weight excluding hydrogens is 756 g/mol. The van der Waals surface area contributed by atoms with E-state index in [1.165, 1.54) is 70.6 Å². The third-order valence-electron chi connectivity index (χ3n) is 9.84. The minimum atomic E-state index is -4.60. The highest BCUT2D eigenvalue weighted by Gasteiger charge is 2.23. The number of nitrogens with zero attached hydrogens (tertiary/aromatic N) is 1. The molecule has 0 bridgehead atoms. The lowest BCUT2D eigenvalue weighted by atomic mass is 10.1. The van der Waals surface area contributed by atoms with E-state index in [-0.39, 0.29) is 12.5 Å². The maximum absolute atomic E-state index is 12.9. The molecule has 0 aliphatic carbocycles. The summed E-state index contributed by atoms with van der Waals surface area (Å²) in [6.45, 7) is 4.47. The average Bonchev–Trinajstić information content (AvgIpc) is 3.19. The highest BCUT2D eigenvalue weighted by atomic mass is 31.2. The third-order valence-corrected chi connectivity index (χ3v) is 10.8. The molecule has 0 aromatic heterocycles. The summed E-state index contributed by atoms with van der Waals surface area (Å²) >= 11 is 0. The SMILES string of the molecule is CC/C=C\C/C=C\C/C=C\C/C=C\C/C=C\CCCCCCCCCCCC(=O)NC(COP(=O)([O-])OCC[N+](C)(C)C)C(O)/C=C/CC/C=C/CCCCCCCC. The number of rotatable bonds is 41. The first kappa shape index (κ1) is 56.7. The van der Waals surface area contributed by atoms with Gasteiger partial charge < -0.3 is 28.8 Å². The van der Waals surface area contributed by atoms with Gasteiger partial charge in [0.2, 0.25) is 5.91 Å². The summed E-state index contributed by atoms with van der Waals surface area (Å²) in [6, 6.07) is -0.910. The molecule has 2 N–H and O–H groups in total. The van der Waals surface area contributed by atoms with Crippen LogP contribution in [0.3, 0.4) is 0 Å². The van der Waals surface area contributed by atoms with Crippen LogP contribution >= 0.6 is 7.82 Å². The molecule has 0 fully saturated rings. The van der Waals surface area contributed by atoms with Gasteiger partial charge in [-0.25, -0.2) is 0 Å². The van der Waals surface area contributed by atoms with Crippen LogP contribution in [-0.4, -0.2) is 68.5 Å². The van der Waals surface area contributed by atoms with Crippen molar-refractivity contribution in [3.05, 3.63) is 85.1 Å². The van der Waals surface area contributed by atoms with Crippen LogP contribution in [0.2, 0.25) is 0 Å². The zero-order valence-corrected chi connectivity index (χ0v) is 39.3. The molecule has 340 valence electrons. The predicted octanol–water partition coefficient (Wildman–Crippen LogP) is 12.7. The lowest BCUT2D eigenvalue weighted by Gasteiger charge is -2.29. The van der Waals surface area contributed by atoms with E-state index in [0.717, 1.165) is 83.5 Å². The van der Waals surface area contributed by atoms with Crippen LogP contribution in [0.15, 0.2) is 85.1 Å². The number of unbranched alkanes of at least 4 members (excludes halogenated alkanes) is 16. The number of carbonyl (C=O) groups is 1. The summed E-state index contributed by atoms with van der Waals surface area (Å²) in [4.78, 5) is 25.3. The Bertz CT molecular complexity index is 1230. The van der Waals surface area contributed by atoms with Crippen molar-refractivity contribution in [2.24, 2.45) is 0 Å². The molecular formula is C50H89N2O6P. The fourth-order valence-corrected chi connectivity index (χ4v) is 6.86. The summed E-state index contributed by atoms with van der Waals surface area (Å²) in [5.41, 5.74) is 0. The van der Waals surface area contributed by atoms with Crippen LogP contribution in [-0.2, 0) is 18.4 Å². The summed E-state index contributed by atoms with van der Waals surface area (Å²) in [5.74, 6) is -0.220. The first-order valence-electron chi connectivity index (χ1n) is 23.4. The quantitative estimate of drug-likeness (QED) is 0.0275. The Hall–Kier alpha value is -2.32. The Kier molecular flexibility index (Phi) is 39.4. The Morgan fingerprint density at radius 2 is 1.05 bits per heavy atom. The number of aliphatic hydroxyl groups excluding tert-OH is 1. The van der Waals surface area contributed by atoms with Crippen molar-refractivity contribution in [1.29, 1.82) is 0 Å². The summed E-state index contributed by atoms with van der Waals surface area (Å²) in [6.07, 6.45) is 56.4. The maximum atomic E-state index is 12.9. The molecule has 0 aromatic rings. The zero-order valence-electron chi connectivity index (χ0n) is 38.4. The number of quaternary nitrogens is 1. The highest BCUT2D eigenvalue weighted by molar-refractivity contribution is 7.45. The summed E-state index contributed by atoms with van der Waals surface area (Å²) < 4.78 is 23.2. The molecule has 8 nitrogen and oxygen atoms in total. The molecule has 9 heteroatoms. The van der Waals surface area contributed by atoms with Crippen molar-refractivity contribution < 1.29 is 32.9 Å². The number of nitrogens with one attached hydrogen (secondary N) is 1. The normalized spacial score (nSPS) is 15.0. The topological polar surface area (TPSA) is 108 Å². The largest absolute Gasteiger partial charge is 0.756 e. The van der Waals surface area contributed by atoms with Gasteiger partial charge in [-0.3, -0.25) is 9.36 Å². The van der Waals surface area contributed by atoms with Crippen LogP contribution in [0.1, 0.15) is 174 Å². The van der Waals surface area contributed by atoms with Crippen LogP contribution < -0.4 is 10.2 Å². The van der Waals surface area contributed by atoms with Gasteiger partial charge in [-0.1, -0.05) is 176 Å². The van der Waals surface area contributed by atoms with E-state index in [0.29, 0.717) is 17.4 Å². The van der Waals surface area contributed by atoms with E-state index in [4.69, 9.17) is 9.05 Å². The third kappa shape index (κ3) is 43.6. The van der Waals surface area contributed by atoms with Crippen LogP contribution in [0.5, 0.6) is 0 Å². The Morgan fingerprint density at radius 3 is 1.58 bits per heavy atom.